The molecule has 0 fully saturated rings. The monoisotopic (exact) mass is 290 g/mol. The second kappa shape index (κ2) is 6.54. The molecule has 21 heavy (non-hydrogen) atoms. The number of amides is 1. The van der Waals surface area contributed by atoms with E-state index in [1.165, 1.54) is 12.1 Å². The largest absolute Gasteiger partial charge is 0.465 e. The lowest BCUT2D eigenvalue weighted by molar-refractivity contribution is 0.0935. The highest BCUT2D eigenvalue weighted by molar-refractivity contribution is 5.94. The number of rotatable bonds is 5. The Morgan fingerprint density at radius 3 is 2.57 bits per heavy atom. The predicted octanol–water partition coefficient (Wildman–Crippen LogP) is 2.76. The van der Waals surface area contributed by atoms with Crippen LogP contribution in [0, 0.1) is 12.7 Å². The van der Waals surface area contributed by atoms with E-state index in [0.717, 1.165) is 11.5 Å². The number of benzene rings is 1. The highest BCUT2D eigenvalue weighted by atomic mass is 19.1. The fourth-order valence-electron chi connectivity index (χ4n) is 2.10. The van der Waals surface area contributed by atoms with E-state index in [-0.39, 0.29) is 11.6 Å². The SMILES string of the molecule is Cc1ccc([C@H](CNC(=O)c2ccccc2F)N(C)C)o1. The van der Waals surface area contributed by atoms with Crippen LogP contribution in [0.15, 0.2) is 40.8 Å². The summed E-state index contributed by atoms with van der Waals surface area (Å²) < 4.78 is 19.2. The number of nitrogens with zero attached hydrogens (tertiary/aromatic N) is 1. The van der Waals surface area contributed by atoms with Crippen molar-refractivity contribution in [1.29, 1.82) is 0 Å². The Morgan fingerprint density at radius 1 is 1.29 bits per heavy atom. The van der Waals surface area contributed by atoms with Gasteiger partial charge in [0.05, 0.1) is 11.6 Å². The highest BCUT2D eigenvalue weighted by Crippen LogP contribution is 2.20. The standard InChI is InChI=1S/C16H19FN2O2/c1-11-8-9-15(21-11)14(19(2)3)10-18-16(20)12-6-4-5-7-13(12)17/h4-9,14H,10H2,1-3H3,(H,18,20)/t14-/m0/s1. The van der Waals surface area contributed by atoms with E-state index in [1.54, 1.807) is 12.1 Å². The summed E-state index contributed by atoms with van der Waals surface area (Å²) in [6, 6.07) is 9.59. The number of hydrogen-bond donors (Lipinski definition) is 1. The van der Waals surface area contributed by atoms with Crippen molar-refractivity contribution >= 4 is 5.91 Å². The molecule has 1 aromatic carbocycles. The van der Waals surface area contributed by atoms with Crippen molar-refractivity contribution < 1.29 is 13.6 Å². The minimum atomic E-state index is -0.523. The molecule has 0 unspecified atom stereocenters. The Morgan fingerprint density at radius 2 is 2.00 bits per heavy atom. The van der Waals surface area contributed by atoms with Crippen LogP contribution in [0.2, 0.25) is 0 Å². The van der Waals surface area contributed by atoms with Gasteiger partial charge in [-0.3, -0.25) is 9.69 Å². The quantitative estimate of drug-likeness (QED) is 0.921. The Balaban J connectivity index is 2.06. The molecule has 1 N–H and O–H groups in total. The van der Waals surface area contributed by atoms with Gasteiger partial charge in [0.15, 0.2) is 0 Å². The van der Waals surface area contributed by atoms with E-state index in [4.69, 9.17) is 4.42 Å². The van der Waals surface area contributed by atoms with Gasteiger partial charge in [-0.05, 0) is 45.3 Å². The van der Waals surface area contributed by atoms with Gasteiger partial charge in [-0.1, -0.05) is 12.1 Å². The molecular formula is C16H19FN2O2. The molecule has 0 radical (unpaired) electrons. The lowest BCUT2D eigenvalue weighted by atomic mass is 10.1. The predicted molar refractivity (Wildman–Crippen MR) is 78.6 cm³/mol. The fourth-order valence-corrected chi connectivity index (χ4v) is 2.10. The number of halogens is 1. The van der Waals surface area contributed by atoms with Crippen LogP contribution in [0.1, 0.15) is 27.9 Å². The van der Waals surface area contributed by atoms with Crippen molar-refractivity contribution in [3.05, 3.63) is 59.3 Å². The third kappa shape index (κ3) is 3.70. The van der Waals surface area contributed by atoms with Crippen LogP contribution in [0.3, 0.4) is 0 Å². The molecule has 0 aliphatic carbocycles. The van der Waals surface area contributed by atoms with Gasteiger partial charge in [0.2, 0.25) is 0 Å². The summed E-state index contributed by atoms with van der Waals surface area (Å²) in [5.41, 5.74) is 0.0469. The Labute approximate surface area is 123 Å². The van der Waals surface area contributed by atoms with Crippen LogP contribution in [0.4, 0.5) is 4.39 Å². The second-order valence-corrected chi connectivity index (χ2v) is 5.12. The third-order valence-electron chi connectivity index (χ3n) is 3.29. The molecule has 0 spiro atoms. The minimum Gasteiger partial charge on any atom is -0.465 e. The summed E-state index contributed by atoms with van der Waals surface area (Å²) >= 11 is 0. The second-order valence-electron chi connectivity index (χ2n) is 5.12. The maximum Gasteiger partial charge on any atom is 0.254 e. The van der Waals surface area contributed by atoms with Crippen molar-refractivity contribution in [3.63, 3.8) is 0 Å². The van der Waals surface area contributed by atoms with Gasteiger partial charge >= 0.3 is 0 Å². The Hall–Kier alpha value is -2.14. The van der Waals surface area contributed by atoms with Gasteiger partial charge in [0.1, 0.15) is 17.3 Å². The van der Waals surface area contributed by atoms with Crippen LogP contribution < -0.4 is 5.32 Å². The molecular weight excluding hydrogens is 271 g/mol. The van der Waals surface area contributed by atoms with E-state index < -0.39 is 11.7 Å². The number of aryl methyl sites for hydroxylation is 1. The van der Waals surface area contributed by atoms with Crippen molar-refractivity contribution in [1.82, 2.24) is 10.2 Å². The molecule has 2 aromatic rings. The number of furan rings is 1. The first-order chi connectivity index (χ1) is 9.99. The van der Waals surface area contributed by atoms with E-state index in [9.17, 15) is 9.18 Å². The molecule has 1 atom stereocenters. The van der Waals surface area contributed by atoms with Crippen molar-refractivity contribution in [3.8, 4) is 0 Å². The first kappa shape index (κ1) is 15.3. The lowest BCUT2D eigenvalue weighted by Crippen LogP contribution is -2.34. The molecule has 2 rings (SSSR count). The first-order valence-corrected chi connectivity index (χ1v) is 6.74. The van der Waals surface area contributed by atoms with E-state index in [1.807, 2.05) is 38.1 Å². The fraction of sp³-hybridized carbons (Fsp3) is 0.312. The molecule has 0 saturated carbocycles. The van der Waals surface area contributed by atoms with E-state index in [0.29, 0.717) is 6.54 Å². The maximum absolute atomic E-state index is 13.6. The lowest BCUT2D eigenvalue weighted by Gasteiger charge is -2.22. The molecule has 1 heterocycles. The zero-order valence-corrected chi connectivity index (χ0v) is 12.4. The molecule has 0 saturated heterocycles. The topological polar surface area (TPSA) is 45.5 Å². The van der Waals surface area contributed by atoms with Crippen molar-refractivity contribution in [2.24, 2.45) is 0 Å². The van der Waals surface area contributed by atoms with Crippen LogP contribution in [0.25, 0.3) is 0 Å². The van der Waals surface area contributed by atoms with Crippen LogP contribution in [-0.4, -0.2) is 31.4 Å². The molecule has 112 valence electrons. The van der Waals surface area contributed by atoms with Gasteiger partial charge < -0.3 is 9.73 Å². The first-order valence-electron chi connectivity index (χ1n) is 6.74. The average molecular weight is 290 g/mol. The molecule has 1 aromatic heterocycles. The van der Waals surface area contributed by atoms with E-state index >= 15 is 0 Å². The summed E-state index contributed by atoms with van der Waals surface area (Å²) in [5, 5.41) is 2.75. The summed E-state index contributed by atoms with van der Waals surface area (Å²) in [4.78, 5) is 14.0. The van der Waals surface area contributed by atoms with Crippen LogP contribution in [-0.2, 0) is 0 Å². The third-order valence-corrected chi connectivity index (χ3v) is 3.29. The molecule has 0 bridgehead atoms. The minimum absolute atomic E-state index is 0.0469. The maximum atomic E-state index is 13.6. The molecule has 0 aliphatic rings. The van der Waals surface area contributed by atoms with Crippen molar-refractivity contribution in [2.45, 2.75) is 13.0 Å². The number of likely N-dealkylation sites (N-methyl/N-ethyl adjacent to an activating group) is 1. The Kier molecular flexibility index (Phi) is 4.75. The zero-order valence-electron chi connectivity index (χ0n) is 12.4. The van der Waals surface area contributed by atoms with Crippen LogP contribution >= 0.6 is 0 Å². The Bertz CT molecular complexity index is 622. The number of hydrogen-bond acceptors (Lipinski definition) is 3. The highest BCUT2D eigenvalue weighted by Gasteiger charge is 2.19. The summed E-state index contributed by atoms with van der Waals surface area (Å²) in [6.45, 7) is 2.21. The average Bonchev–Trinajstić information content (AvgIpc) is 2.85. The number of nitrogens with one attached hydrogen (secondary N) is 1. The van der Waals surface area contributed by atoms with Gasteiger partial charge in [-0.25, -0.2) is 4.39 Å². The smallest absolute Gasteiger partial charge is 0.254 e. The number of carbonyl (C=O) groups excluding carboxylic acids is 1. The van der Waals surface area contributed by atoms with Crippen molar-refractivity contribution in [2.75, 3.05) is 20.6 Å². The van der Waals surface area contributed by atoms with Crippen LogP contribution in [0.5, 0.6) is 0 Å². The molecule has 4 nitrogen and oxygen atoms in total. The summed E-state index contributed by atoms with van der Waals surface area (Å²) in [7, 11) is 3.80. The molecule has 5 heteroatoms. The molecule has 0 aliphatic heterocycles. The van der Waals surface area contributed by atoms with Gasteiger partial charge in [0, 0.05) is 6.54 Å². The zero-order chi connectivity index (χ0) is 15.4. The van der Waals surface area contributed by atoms with Gasteiger partial charge in [-0.15, -0.1) is 0 Å². The van der Waals surface area contributed by atoms with Gasteiger partial charge in [-0.2, -0.15) is 0 Å². The number of carbonyl (C=O) groups is 1. The van der Waals surface area contributed by atoms with E-state index in [2.05, 4.69) is 5.32 Å². The normalized spacial score (nSPS) is 12.4. The van der Waals surface area contributed by atoms with Gasteiger partial charge in [0.25, 0.3) is 5.91 Å². The summed E-state index contributed by atoms with van der Waals surface area (Å²) in [5.74, 6) is 0.636. The summed E-state index contributed by atoms with van der Waals surface area (Å²) in [6.07, 6.45) is 0. The molecule has 1 amide bonds.